The van der Waals surface area contributed by atoms with E-state index in [-0.39, 0.29) is 13.1 Å². The second-order valence-corrected chi connectivity index (χ2v) is 4.63. The molecule has 3 nitrogen and oxygen atoms in total. The predicted octanol–water partition coefficient (Wildman–Crippen LogP) is 2.33. The predicted molar refractivity (Wildman–Crippen MR) is 74.7 cm³/mol. The van der Waals surface area contributed by atoms with Crippen molar-refractivity contribution in [2.75, 3.05) is 20.1 Å². The molecule has 2 N–H and O–H groups in total. The van der Waals surface area contributed by atoms with Gasteiger partial charge in [0.15, 0.2) is 0 Å². The Bertz CT molecular complexity index is 571. The van der Waals surface area contributed by atoms with Crippen LogP contribution < -0.4 is 5.73 Å². The lowest BCUT2D eigenvalue weighted by molar-refractivity contribution is -0.136. The van der Waals surface area contributed by atoms with Crippen LogP contribution in [0.4, 0.5) is 13.2 Å². The minimum Gasteiger partial charge on any atom is -0.341 e. The number of halogens is 3. The van der Waals surface area contributed by atoms with E-state index < -0.39 is 18.5 Å². The van der Waals surface area contributed by atoms with Gasteiger partial charge < -0.3 is 10.6 Å². The number of nitrogens with zero attached hydrogens (tertiary/aromatic N) is 1. The molecule has 1 amide bonds. The van der Waals surface area contributed by atoms with Crippen LogP contribution >= 0.6 is 0 Å². The first-order chi connectivity index (χ1) is 9.74. The third kappa shape index (κ3) is 5.48. The summed E-state index contributed by atoms with van der Waals surface area (Å²) in [6.07, 6.45) is -5.31. The molecular weight excluding hydrogens is 281 g/mol. The van der Waals surface area contributed by atoms with Crippen LogP contribution in [0, 0.1) is 18.8 Å². The molecule has 0 saturated heterocycles. The fraction of sp³-hybridized carbons (Fsp3) is 0.400. The molecule has 0 radical (unpaired) electrons. The van der Waals surface area contributed by atoms with Crippen molar-refractivity contribution in [3.63, 3.8) is 0 Å². The van der Waals surface area contributed by atoms with Gasteiger partial charge in [-0.05, 0) is 24.6 Å². The van der Waals surface area contributed by atoms with Gasteiger partial charge in [-0.15, -0.1) is 0 Å². The van der Waals surface area contributed by atoms with E-state index in [4.69, 9.17) is 5.73 Å². The molecule has 0 heterocycles. The average Bonchev–Trinajstić information content (AvgIpc) is 2.42. The molecule has 0 saturated carbocycles. The van der Waals surface area contributed by atoms with Crippen molar-refractivity contribution < 1.29 is 18.0 Å². The third-order valence-corrected chi connectivity index (χ3v) is 2.88. The summed E-state index contributed by atoms with van der Waals surface area (Å²) in [5.41, 5.74) is 6.93. The van der Waals surface area contributed by atoms with E-state index in [9.17, 15) is 18.0 Å². The molecule has 0 aromatic heterocycles. The number of hydrogen-bond donors (Lipinski definition) is 1. The smallest absolute Gasteiger partial charge is 0.341 e. The molecule has 0 fully saturated rings. The van der Waals surface area contributed by atoms with Gasteiger partial charge in [0.1, 0.15) is 0 Å². The van der Waals surface area contributed by atoms with Crippen LogP contribution in [0.5, 0.6) is 0 Å². The highest BCUT2D eigenvalue weighted by atomic mass is 19.4. The Kier molecular flexibility index (Phi) is 5.79. The summed E-state index contributed by atoms with van der Waals surface area (Å²) in [6, 6.07) is 5.03. The van der Waals surface area contributed by atoms with E-state index in [0.29, 0.717) is 16.7 Å². The van der Waals surface area contributed by atoms with Crippen LogP contribution in [-0.2, 0) is 0 Å². The highest BCUT2D eigenvalue weighted by molar-refractivity contribution is 5.95. The molecule has 0 unspecified atom stereocenters. The topological polar surface area (TPSA) is 46.3 Å². The van der Waals surface area contributed by atoms with Gasteiger partial charge in [0, 0.05) is 24.7 Å². The first kappa shape index (κ1) is 17.1. The van der Waals surface area contributed by atoms with Gasteiger partial charge in [0.25, 0.3) is 5.91 Å². The maximum atomic E-state index is 12.2. The fourth-order valence-corrected chi connectivity index (χ4v) is 1.68. The first-order valence-electron chi connectivity index (χ1n) is 6.36. The lowest BCUT2D eigenvalue weighted by Crippen LogP contribution is -2.31. The van der Waals surface area contributed by atoms with Crippen molar-refractivity contribution in [1.29, 1.82) is 0 Å². The number of alkyl halides is 3. The Morgan fingerprint density at radius 1 is 1.38 bits per heavy atom. The summed E-state index contributed by atoms with van der Waals surface area (Å²) in [4.78, 5) is 13.3. The number of benzene rings is 1. The second-order valence-electron chi connectivity index (χ2n) is 4.63. The second kappa shape index (κ2) is 7.14. The van der Waals surface area contributed by atoms with Crippen LogP contribution in [0.2, 0.25) is 0 Å². The van der Waals surface area contributed by atoms with Gasteiger partial charge in [-0.2, -0.15) is 13.2 Å². The molecule has 0 bridgehead atoms. The number of carbonyl (C=O) groups excluding carboxylic acids is 1. The lowest BCUT2D eigenvalue weighted by Gasteiger charge is -2.19. The summed E-state index contributed by atoms with van der Waals surface area (Å²) < 4.78 is 36.6. The highest BCUT2D eigenvalue weighted by Gasteiger charge is 2.28. The normalized spacial score (nSPS) is 10.8. The van der Waals surface area contributed by atoms with Gasteiger partial charge in [0.2, 0.25) is 0 Å². The number of carbonyl (C=O) groups is 1. The molecule has 0 aliphatic carbocycles. The Morgan fingerprint density at radius 3 is 2.62 bits per heavy atom. The number of rotatable bonds is 3. The maximum absolute atomic E-state index is 12.2. The van der Waals surface area contributed by atoms with Crippen LogP contribution in [0.1, 0.15) is 27.9 Å². The van der Waals surface area contributed by atoms with Crippen LogP contribution in [0.15, 0.2) is 18.2 Å². The minimum atomic E-state index is -4.28. The van der Waals surface area contributed by atoms with Crippen molar-refractivity contribution in [3.8, 4) is 11.8 Å². The van der Waals surface area contributed by atoms with E-state index in [1.165, 1.54) is 7.05 Å². The van der Waals surface area contributed by atoms with E-state index in [1.807, 2.05) is 0 Å². The zero-order valence-electron chi connectivity index (χ0n) is 11.9. The maximum Gasteiger partial charge on any atom is 0.390 e. The molecule has 0 aliphatic rings. The SMILES string of the molecule is Cc1ccc(C#CCN)cc1C(=O)N(C)CCC(F)(F)F. The molecule has 1 rings (SSSR count). The van der Waals surface area contributed by atoms with Crippen molar-refractivity contribution in [2.24, 2.45) is 5.73 Å². The molecule has 114 valence electrons. The Labute approximate surface area is 121 Å². The van der Waals surface area contributed by atoms with E-state index in [2.05, 4.69) is 11.8 Å². The monoisotopic (exact) mass is 298 g/mol. The number of hydrogen-bond acceptors (Lipinski definition) is 2. The molecular formula is C15H17F3N2O. The minimum absolute atomic E-state index is 0.197. The Balaban J connectivity index is 2.90. The van der Waals surface area contributed by atoms with Crippen LogP contribution in [0.3, 0.4) is 0 Å². The van der Waals surface area contributed by atoms with Gasteiger partial charge in [0.05, 0.1) is 13.0 Å². The standard InChI is InChI=1S/C15H17F3N2O/c1-11-5-6-12(4-3-8-19)10-13(11)14(21)20(2)9-7-15(16,17)18/h5-6,10H,7-9,19H2,1-2H3. The zero-order valence-corrected chi connectivity index (χ0v) is 11.9. The largest absolute Gasteiger partial charge is 0.390 e. The molecule has 0 aliphatic heterocycles. The number of aryl methyl sites for hydroxylation is 1. The van der Waals surface area contributed by atoms with E-state index in [1.54, 1.807) is 25.1 Å². The summed E-state index contributed by atoms with van der Waals surface area (Å²) in [5, 5.41) is 0. The van der Waals surface area contributed by atoms with Crippen molar-refractivity contribution in [1.82, 2.24) is 4.90 Å². The summed E-state index contributed by atoms with van der Waals surface area (Å²) >= 11 is 0. The first-order valence-corrected chi connectivity index (χ1v) is 6.36. The molecule has 1 aromatic carbocycles. The third-order valence-electron chi connectivity index (χ3n) is 2.88. The van der Waals surface area contributed by atoms with Crippen molar-refractivity contribution in [3.05, 3.63) is 34.9 Å². The van der Waals surface area contributed by atoms with E-state index >= 15 is 0 Å². The highest BCUT2D eigenvalue weighted by Crippen LogP contribution is 2.20. The summed E-state index contributed by atoms with van der Waals surface area (Å²) in [5.74, 6) is 5.01. The molecule has 0 spiro atoms. The fourth-order valence-electron chi connectivity index (χ4n) is 1.68. The molecule has 6 heteroatoms. The van der Waals surface area contributed by atoms with Gasteiger partial charge >= 0.3 is 6.18 Å². The van der Waals surface area contributed by atoms with Crippen LogP contribution in [-0.4, -0.2) is 37.1 Å². The molecule has 21 heavy (non-hydrogen) atoms. The summed E-state index contributed by atoms with van der Waals surface area (Å²) in [6.45, 7) is 1.55. The van der Waals surface area contributed by atoms with Gasteiger partial charge in [-0.25, -0.2) is 0 Å². The van der Waals surface area contributed by atoms with Crippen molar-refractivity contribution in [2.45, 2.75) is 19.5 Å². The average molecular weight is 298 g/mol. The molecule has 1 aromatic rings. The summed E-state index contributed by atoms with van der Waals surface area (Å²) in [7, 11) is 1.35. The lowest BCUT2D eigenvalue weighted by atomic mass is 10.0. The Morgan fingerprint density at radius 2 is 2.05 bits per heavy atom. The van der Waals surface area contributed by atoms with Gasteiger partial charge in [-0.3, -0.25) is 4.79 Å². The Hall–Kier alpha value is -2.00. The van der Waals surface area contributed by atoms with Crippen molar-refractivity contribution >= 4 is 5.91 Å². The number of nitrogens with two attached hydrogens (primary N) is 1. The quantitative estimate of drug-likeness (QED) is 0.871. The van der Waals surface area contributed by atoms with Gasteiger partial charge in [-0.1, -0.05) is 17.9 Å². The number of amides is 1. The molecule has 0 atom stereocenters. The van der Waals surface area contributed by atoms with E-state index in [0.717, 1.165) is 4.90 Å². The van der Waals surface area contributed by atoms with Crippen LogP contribution in [0.25, 0.3) is 0 Å². The zero-order chi connectivity index (χ0) is 16.0.